The zero-order valence-corrected chi connectivity index (χ0v) is 9.97. The lowest BCUT2D eigenvalue weighted by Gasteiger charge is -2.14. The van der Waals surface area contributed by atoms with E-state index in [1.54, 1.807) is 12.1 Å². The van der Waals surface area contributed by atoms with Crippen LogP contribution in [0.5, 0.6) is 11.5 Å². The third kappa shape index (κ3) is 3.52. The molecule has 0 aliphatic heterocycles. The van der Waals surface area contributed by atoms with E-state index >= 15 is 0 Å². The third-order valence-corrected chi connectivity index (χ3v) is 2.26. The molecule has 0 heterocycles. The van der Waals surface area contributed by atoms with E-state index in [4.69, 9.17) is 14.6 Å². The summed E-state index contributed by atoms with van der Waals surface area (Å²) in [4.78, 5) is 10.7. The van der Waals surface area contributed by atoms with Crippen LogP contribution in [0.25, 0.3) is 0 Å². The van der Waals surface area contributed by atoms with Gasteiger partial charge in [0.25, 0.3) is 0 Å². The summed E-state index contributed by atoms with van der Waals surface area (Å²) in [6, 6.07) is 5.37. The molecule has 0 saturated carbocycles. The number of ether oxygens (including phenoxy) is 2. The van der Waals surface area contributed by atoms with Gasteiger partial charge in [-0.3, -0.25) is 0 Å². The zero-order chi connectivity index (χ0) is 12.8. The molecule has 0 radical (unpaired) electrons. The smallest absolute Gasteiger partial charge is 0.344 e. The van der Waals surface area contributed by atoms with Crippen LogP contribution in [0.3, 0.4) is 0 Å². The van der Waals surface area contributed by atoms with E-state index in [1.807, 2.05) is 12.1 Å². The number of allylic oxidation sites excluding steroid dienone is 1. The summed E-state index contributed by atoms with van der Waals surface area (Å²) in [5.74, 6) is -0.0603. The molecule has 1 N–H and O–H groups in total. The summed E-state index contributed by atoms with van der Waals surface area (Å²) in [5.41, 5.74) is 1.03. The van der Waals surface area contributed by atoms with Crippen LogP contribution in [0.1, 0.15) is 12.5 Å². The molecule has 0 spiro atoms. The first kappa shape index (κ1) is 13.1. The van der Waals surface area contributed by atoms with Crippen molar-refractivity contribution < 1.29 is 19.4 Å². The van der Waals surface area contributed by atoms with Gasteiger partial charge in [-0.1, -0.05) is 12.1 Å². The van der Waals surface area contributed by atoms with E-state index in [0.29, 0.717) is 11.5 Å². The van der Waals surface area contributed by atoms with Crippen LogP contribution in [-0.2, 0) is 11.2 Å². The fourth-order valence-corrected chi connectivity index (χ4v) is 1.34. The lowest BCUT2D eigenvalue weighted by Crippen LogP contribution is -2.23. The Morgan fingerprint density at radius 1 is 1.53 bits per heavy atom. The summed E-state index contributed by atoms with van der Waals surface area (Å²) in [6.45, 7) is 5.13. The molecule has 0 aliphatic carbocycles. The van der Waals surface area contributed by atoms with E-state index in [2.05, 4.69) is 6.58 Å². The second-order valence-electron chi connectivity index (χ2n) is 3.58. The largest absolute Gasteiger partial charge is 0.493 e. The number of carboxylic acid groups (broad SMARTS) is 1. The standard InChI is InChI=1S/C13H16O4/c1-4-5-10-6-7-11(12(8-10)16-3)17-9(2)13(14)15/h4,6-9H,1,5H2,2-3H3,(H,14,15). The number of aliphatic carboxylic acids is 1. The van der Waals surface area contributed by atoms with Gasteiger partial charge in [0.15, 0.2) is 17.6 Å². The van der Waals surface area contributed by atoms with Crippen LogP contribution in [0.4, 0.5) is 0 Å². The first-order valence-corrected chi connectivity index (χ1v) is 5.25. The van der Waals surface area contributed by atoms with Crippen molar-refractivity contribution in [3.8, 4) is 11.5 Å². The summed E-state index contributed by atoms with van der Waals surface area (Å²) in [5, 5.41) is 8.77. The summed E-state index contributed by atoms with van der Waals surface area (Å²) < 4.78 is 10.4. The van der Waals surface area contributed by atoms with E-state index < -0.39 is 12.1 Å². The molecule has 92 valence electrons. The Balaban J connectivity index is 2.92. The van der Waals surface area contributed by atoms with Crippen LogP contribution in [0, 0.1) is 0 Å². The maximum Gasteiger partial charge on any atom is 0.344 e. The topological polar surface area (TPSA) is 55.8 Å². The summed E-state index contributed by atoms with van der Waals surface area (Å²) in [6.07, 6.45) is 1.61. The van der Waals surface area contributed by atoms with E-state index in [1.165, 1.54) is 14.0 Å². The lowest BCUT2D eigenvalue weighted by molar-refractivity contribution is -0.144. The molecule has 0 aromatic heterocycles. The molecular weight excluding hydrogens is 220 g/mol. The second-order valence-corrected chi connectivity index (χ2v) is 3.58. The Hall–Kier alpha value is -1.97. The number of rotatable bonds is 6. The first-order valence-electron chi connectivity index (χ1n) is 5.25. The third-order valence-electron chi connectivity index (χ3n) is 2.26. The summed E-state index contributed by atoms with van der Waals surface area (Å²) in [7, 11) is 1.52. The molecule has 0 fully saturated rings. The van der Waals surface area contributed by atoms with Crippen molar-refractivity contribution in [3.63, 3.8) is 0 Å². The molecule has 1 rings (SSSR count). The van der Waals surface area contributed by atoms with Crippen LogP contribution < -0.4 is 9.47 Å². The van der Waals surface area contributed by atoms with Gasteiger partial charge in [0.05, 0.1) is 7.11 Å². The highest BCUT2D eigenvalue weighted by atomic mass is 16.5. The Labute approximate surface area is 100 Å². The highest BCUT2D eigenvalue weighted by Gasteiger charge is 2.15. The predicted octanol–water partition coefficient (Wildman–Crippen LogP) is 2.28. The second kappa shape index (κ2) is 5.94. The average Bonchev–Trinajstić information content (AvgIpc) is 2.31. The predicted molar refractivity (Wildman–Crippen MR) is 64.6 cm³/mol. The number of hydrogen-bond acceptors (Lipinski definition) is 3. The molecule has 4 nitrogen and oxygen atoms in total. The van der Waals surface area contributed by atoms with Crippen molar-refractivity contribution in [2.75, 3.05) is 7.11 Å². The normalized spacial score (nSPS) is 11.6. The summed E-state index contributed by atoms with van der Waals surface area (Å²) >= 11 is 0. The molecule has 1 aromatic carbocycles. The van der Waals surface area contributed by atoms with E-state index in [9.17, 15) is 4.79 Å². The fraction of sp³-hybridized carbons (Fsp3) is 0.308. The number of benzene rings is 1. The van der Waals surface area contributed by atoms with E-state index in [0.717, 1.165) is 12.0 Å². The SMILES string of the molecule is C=CCc1ccc(OC(C)C(=O)O)c(OC)c1. The van der Waals surface area contributed by atoms with Crippen LogP contribution in [0.2, 0.25) is 0 Å². The Morgan fingerprint density at radius 3 is 2.76 bits per heavy atom. The maximum absolute atomic E-state index is 10.7. The van der Waals surface area contributed by atoms with Gasteiger partial charge in [0.1, 0.15) is 0 Å². The molecule has 0 saturated heterocycles. The minimum absolute atomic E-state index is 0.426. The number of carboxylic acids is 1. The van der Waals surface area contributed by atoms with Gasteiger partial charge >= 0.3 is 5.97 Å². The van der Waals surface area contributed by atoms with Crippen LogP contribution >= 0.6 is 0 Å². The molecule has 0 aliphatic rings. The quantitative estimate of drug-likeness (QED) is 0.770. The van der Waals surface area contributed by atoms with Gasteiger partial charge in [-0.05, 0) is 31.0 Å². The average molecular weight is 236 g/mol. The number of carbonyl (C=O) groups is 1. The van der Waals surface area contributed by atoms with Gasteiger partial charge in [0, 0.05) is 0 Å². The molecule has 0 amide bonds. The van der Waals surface area contributed by atoms with Crippen molar-refractivity contribution in [1.29, 1.82) is 0 Å². The highest BCUT2D eigenvalue weighted by molar-refractivity contribution is 5.72. The zero-order valence-electron chi connectivity index (χ0n) is 9.97. The van der Waals surface area contributed by atoms with Gasteiger partial charge in [-0.15, -0.1) is 6.58 Å². The molecular formula is C13H16O4. The fourth-order valence-electron chi connectivity index (χ4n) is 1.34. The van der Waals surface area contributed by atoms with Gasteiger partial charge in [-0.25, -0.2) is 4.79 Å². The maximum atomic E-state index is 10.7. The van der Waals surface area contributed by atoms with Gasteiger partial charge < -0.3 is 14.6 Å². The van der Waals surface area contributed by atoms with Gasteiger partial charge in [-0.2, -0.15) is 0 Å². The molecule has 0 bridgehead atoms. The minimum atomic E-state index is -1.01. The minimum Gasteiger partial charge on any atom is -0.493 e. The van der Waals surface area contributed by atoms with Crippen molar-refractivity contribution in [2.45, 2.75) is 19.4 Å². The van der Waals surface area contributed by atoms with Crippen LogP contribution in [0.15, 0.2) is 30.9 Å². The molecule has 1 aromatic rings. The molecule has 17 heavy (non-hydrogen) atoms. The van der Waals surface area contributed by atoms with Crippen LogP contribution in [-0.4, -0.2) is 24.3 Å². The van der Waals surface area contributed by atoms with Crippen molar-refractivity contribution in [3.05, 3.63) is 36.4 Å². The van der Waals surface area contributed by atoms with E-state index in [-0.39, 0.29) is 0 Å². The Bertz CT molecular complexity index is 412. The van der Waals surface area contributed by atoms with Crippen molar-refractivity contribution in [1.82, 2.24) is 0 Å². The molecule has 4 heteroatoms. The highest BCUT2D eigenvalue weighted by Crippen LogP contribution is 2.29. The molecule has 1 unspecified atom stereocenters. The molecule has 1 atom stereocenters. The Kier molecular flexibility index (Phi) is 4.57. The van der Waals surface area contributed by atoms with Crippen molar-refractivity contribution >= 4 is 5.97 Å². The number of methoxy groups -OCH3 is 1. The van der Waals surface area contributed by atoms with Gasteiger partial charge in [0.2, 0.25) is 0 Å². The first-order chi connectivity index (χ1) is 8.08. The number of hydrogen-bond donors (Lipinski definition) is 1. The van der Waals surface area contributed by atoms with Crippen molar-refractivity contribution in [2.24, 2.45) is 0 Å². The monoisotopic (exact) mass is 236 g/mol. The lowest BCUT2D eigenvalue weighted by atomic mass is 10.1. The Morgan fingerprint density at radius 2 is 2.24 bits per heavy atom.